The van der Waals surface area contributed by atoms with Crippen molar-refractivity contribution >= 4 is 35.3 Å². The lowest BCUT2D eigenvalue weighted by Gasteiger charge is -2.12. The summed E-state index contributed by atoms with van der Waals surface area (Å²) in [6.45, 7) is 2.18. The second kappa shape index (κ2) is 10.4. The molecule has 1 aliphatic rings. The summed E-state index contributed by atoms with van der Waals surface area (Å²) >= 11 is 3.84. The second-order valence-electron chi connectivity index (χ2n) is 4.44. The van der Waals surface area contributed by atoms with Gasteiger partial charge in [-0.15, -0.1) is 0 Å². The molecular weight excluding hydrogens is 280 g/mol. The van der Waals surface area contributed by atoms with Crippen LogP contribution in [-0.2, 0) is 4.84 Å². The molecule has 0 bridgehead atoms. The third-order valence-electron chi connectivity index (χ3n) is 3.10. The van der Waals surface area contributed by atoms with Gasteiger partial charge in [-0.05, 0) is 18.6 Å². The lowest BCUT2D eigenvalue weighted by atomic mass is 10.0. The number of nitrogens with zero attached hydrogens (tertiary/aromatic N) is 1. The first-order chi connectivity index (χ1) is 9.27. The summed E-state index contributed by atoms with van der Waals surface area (Å²) in [6, 6.07) is 0. The molecule has 1 fully saturated rings. The summed E-state index contributed by atoms with van der Waals surface area (Å²) in [4.78, 5) is 16.0. The molecule has 0 aliphatic heterocycles. The highest BCUT2D eigenvalue weighted by Gasteiger charge is 2.21. The molecule has 0 unspecified atom stereocenters. The fraction of sp³-hybridized carbons (Fsp3) is 0.846. The Morgan fingerprint density at radius 3 is 2.63 bits per heavy atom. The van der Waals surface area contributed by atoms with Crippen LogP contribution in [0.4, 0.5) is 4.79 Å². The van der Waals surface area contributed by atoms with Crippen LogP contribution in [0.1, 0.15) is 32.6 Å². The molecule has 6 heteroatoms. The fourth-order valence-corrected chi connectivity index (χ4v) is 3.94. The van der Waals surface area contributed by atoms with E-state index < -0.39 is 6.09 Å². The largest absolute Gasteiger partial charge is 0.433 e. The normalized spacial score (nSPS) is 16.6. The van der Waals surface area contributed by atoms with Crippen LogP contribution in [0.5, 0.6) is 0 Å². The zero-order valence-corrected chi connectivity index (χ0v) is 13.4. The number of amides is 1. The van der Waals surface area contributed by atoms with Crippen LogP contribution in [0.2, 0.25) is 0 Å². The highest BCUT2D eigenvalue weighted by molar-refractivity contribution is 8.03. The number of nitrogens with one attached hydrogen (secondary N) is 1. The van der Waals surface area contributed by atoms with E-state index in [1.807, 2.05) is 23.5 Å². The third kappa shape index (κ3) is 7.11. The molecule has 1 saturated carbocycles. The average Bonchev–Trinajstić information content (AvgIpc) is 2.95. The minimum absolute atomic E-state index is 0.484. The Balaban J connectivity index is 2.37. The molecule has 1 aliphatic carbocycles. The standard InChI is InChI=1S/C13H24N2O2S2/c1-3-18-8-9-19-10-12(11-6-4-5-7-11)15-17-13(16)14-2/h11H,3-10H2,1-2H3,(H,14,16). The average molecular weight is 304 g/mol. The molecule has 0 aromatic heterocycles. The molecule has 1 amide bonds. The van der Waals surface area contributed by atoms with Crippen molar-refractivity contribution in [2.45, 2.75) is 32.6 Å². The summed E-state index contributed by atoms with van der Waals surface area (Å²) < 4.78 is 0. The van der Waals surface area contributed by atoms with Crippen LogP contribution in [0.25, 0.3) is 0 Å². The monoisotopic (exact) mass is 304 g/mol. The minimum Gasteiger partial charge on any atom is -0.323 e. The number of carbonyl (C=O) groups is 1. The van der Waals surface area contributed by atoms with Gasteiger partial charge in [0.15, 0.2) is 0 Å². The van der Waals surface area contributed by atoms with Crippen molar-refractivity contribution in [2.75, 3.05) is 30.1 Å². The number of carbonyl (C=O) groups excluding carboxylic acids is 1. The molecule has 110 valence electrons. The van der Waals surface area contributed by atoms with Gasteiger partial charge in [-0.3, -0.25) is 4.84 Å². The molecule has 0 heterocycles. The highest BCUT2D eigenvalue weighted by atomic mass is 32.2. The SMILES string of the molecule is CCSCCSCC(=NOC(=O)NC)C1CCCC1. The van der Waals surface area contributed by atoms with E-state index in [1.54, 1.807) is 7.05 Å². The van der Waals surface area contributed by atoms with Crippen LogP contribution in [0.3, 0.4) is 0 Å². The lowest BCUT2D eigenvalue weighted by Crippen LogP contribution is -2.20. The number of thioether (sulfide) groups is 2. The van der Waals surface area contributed by atoms with Crippen molar-refractivity contribution in [3.63, 3.8) is 0 Å². The lowest BCUT2D eigenvalue weighted by molar-refractivity contribution is 0.152. The van der Waals surface area contributed by atoms with Crippen LogP contribution < -0.4 is 5.32 Å². The Morgan fingerprint density at radius 1 is 1.32 bits per heavy atom. The number of oxime groups is 1. The van der Waals surface area contributed by atoms with Gasteiger partial charge < -0.3 is 5.32 Å². The summed E-state index contributed by atoms with van der Waals surface area (Å²) in [5.74, 6) is 4.87. The van der Waals surface area contributed by atoms with Crippen molar-refractivity contribution in [1.82, 2.24) is 5.32 Å². The smallest absolute Gasteiger partial charge is 0.323 e. The first kappa shape index (κ1) is 16.7. The van der Waals surface area contributed by atoms with Gasteiger partial charge in [-0.1, -0.05) is 24.9 Å². The van der Waals surface area contributed by atoms with Gasteiger partial charge >= 0.3 is 6.09 Å². The zero-order chi connectivity index (χ0) is 13.9. The van der Waals surface area contributed by atoms with E-state index in [0.29, 0.717) is 5.92 Å². The van der Waals surface area contributed by atoms with Crippen molar-refractivity contribution in [3.05, 3.63) is 0 Å². The molecule has 0 atom stereocenters. The van der Waals surface area contributed by atoms with E-state index in [2.05, 4.69) is 17.4 Å². The molecule has 1 N–H and O–H groups in total. The van der Waals surface area contributed by atoms with Gasteiger partial charge in [-0.25, -0.2) is 4.79 Å². The Hall–Kier alpha value is -0.360. The van der Waals surface area contributed by atoms with Crippen molar-refractivity contribution in [1.29, 1.82) is 0 Å². The van der Waals surface area contributed by atoms with Crippen LogP contribution in [0, 0.1) is 5.92 Å². The van der Waals surface area contributed by atoms with Gasteiger partial charge in [0.05, 0.1) is 5.71 Å². The Morgan fingerprint density at radius 2 is 2.00 bits per heavy atom. The maximum absolute atomic E-state index is 11.1. The molecular formula is C13H24N2O2S2. The summed E-state index contributed by atoms with van der Waals surface area (Å²) in [6.07, 6.45) is 4.41. The Bertz CT molecular complexity index is 292. The molecule has 19 heavy (non-hydrogen) atoms. The predicted octanol–water partition coefficient (Wildman–Crippen LogP) is 3.37. The van der Waals surface area contributed by atoms with Crippen LogP contribution in [0.15, 0.2) is 5.16 Å². The molecule has 4 nitrogen and oxygen atoms in total. The van der Waals surface area contributed by atoms with Crippen LogP contribution in [-0.4, -0.2) is 41.9 Å². The van der Waals surface area contributed by atoms with Gasteiger partial charge in [0.1, 0.15) is 0 Å². The quantitative estimate of drug-likeness (QED) is 0.323. The zero-order valence-electron chi connectivity index (χ0n) is 11.8. The van der Waals surface area contributed by atoms with Crippen LogP contribution >= 0.6 is 23.5 Å². The molecule has 0 spiro atoms. The summed E-state index contributed by atoms with van der Waals surface area (Å²) in [5, 5.41) is 6.49. The molecule has 0 radical (unpaired) electrons. The van der Waals surface area contributed by atoms with Gasteiger partial charge in [-0.2, -0.15) is 23.5 Å². The van der Waals surface area contributed by atoms with Crippen molar-refractivity contribution in [2.24, 2.45) is 11.1 Å². The number of rotatable bonds is 8. The number of hydrogen-bond donors (Lipinski definition) is 1. The topological polar surface area (TPSA) is 50.7 Å². The molecule has 0 aromatic rings. The summed E-state index contributed by atoms with van der Waals surface area (Å²) in [5.41, 5.74) is 1.05. The minimum atomic E-state index is -0.484. The van der Waals surface area contributed by atoms with Gasteiger partial charge in [0.25, 0.3) is 0 Å². The van der Waals surface area contributed by atoms with E-state index in [0.717, 1.165) is 17.2 Å². The Kier molecular flexibility index (Phi) is 9.16. The second-order valence-corrected chi connectivity index (χ2v) is 6.94. The van der Waals surface area contributed by atoms with E-state index in [4.69, 9.17) is 4.84 Å². The van der Waals surface area contributed by atoms with E-state index in [1.165, 1.54) is 37.2 Å². The molecule has 0 saturated heterocycles. The third-order valence-corrected chi connectivity index (χ3v) is 5.25. The number of hydrogen-bond acceptors (Lipinski definition) is 5. The first-order valence-corrected chi connectivity index (χ1v) is 9.19. The molecule has 1 rings (SSSR count). The van der Waals surface area contributed by atoms with E-state index in [9.17, 15) is 4.79 Å². The fourth-order valence-electron chi connectivity index (χ4n) is 2.06. The Labute approximate surface area is 124 Å². The molecule has 0 aromatic carbocycles. The van der Waals surface area contributed by atoms with E-state index in [-0.39, 0.29) is 0 Å². The maximum Gasteiger partial charge on any atom is 0.433 e. The maximum atomic E-state index is 11.1. The van der Waals surface area contributed by atoms with Crippen molar-refractivity contribution in [3.8, 4) is 0 Å². The highest BCUT2D eigenvalue weighted by Crippen LogP contribution is 2.27. The predicted molar refractivity (Wildman–Crippen MR) is 85.3 cm³/mol. The van der Waals surface area contributed by atoms with Gasteiger partial charge in [0.2, 0.25) is 0 Å². The van der Waals surface area contributed by atoms with Gasteiger partial charge in [0, 0.05) is 30.2 Å². The summed E-state index contributed by atoms with van der Waals surface area (Å²) in [7, 11) is 1.55. The van der Waals surface area contributed by atoms with E-state index >= 15 is 0 Å². The van der Waals surface area contributed by atoms with Crippen molar-refractivity contribution < 1.29 is 9.63 Å². The first-order valence-electron chi connectivity index (χ1n) is 6.88.